The van der Waals surface area contributed by atoms with Gasteiger partial charge in [0.1, 0.15) is 11.9 Å². The fraction of sp³-hybridized carbons (Fsp3) is 0.0417. The number of hydrogen-bond donors (Lipinski definition) is 1. The second-order valence-corrected chi connectivity index (χ2v) is 6.68. The van der Waals surface area contributed by atoms with Crippen molar-refractivity contribution in [1.82, 2.24) is 4.98 Å². The highest BCUT2D eigenvalue weighted by molar-refractivity contribution is 5.86. The Labute approximate surface area is 156 Å². The zero-order chi connectivity index (χ0) is 18.4. The van der Waals surface area contributed by atoms with E-state index in [1.54, 1.807) is 12.1 Å². The molecule has 2 nitrogen and oxygen atoms in total. The Morgan fingerprint density at radius 2 is 1.44 bits per heavy atom. The van der Waals surface area contributed by atoms with E-state index in [-0.39, 0.29) is 5.82 Å². The van der Waals surface area contributed by atoms with Gasteiger partial charge in [-0.25, -0.2) is 9.37 Å². The predicted molar refractivity (Wildman–Crippen MR) is 105 cm³/mol. The van der Waals surface area contributed by atoms with E-state index in [1.165, 1.54) is 12.1 Å². The summed E-state index contributed by atoms with van der Waals surface area (Å²) in [4.78, 5) is 4.85. The van der Waals surface area contributed by atoms with Crippen LogP contribution in [0.3, 0.4) is 0 Å². The van der Waals surface area contributed by atoms with Crippen molar-refractivity contribution in [2.45, 2.75) is 6.10 Å². The van der Waals surface area contributed by atoms with Crippen molar-refractivity contribution in [3.8, 4) is 33.6 Å². The molecule has 0 radical (unpaired) electrons. The van der Waals surface area contributed by atoms with Crippen molar-refractivity contribution < 1.29 is 9.50 Å². The largest absolute Gasteiger partial charge is 0.384 e. The smallest absolute Gasteiger partial charge is 0.123 e. The van der Waals surface area contributed by atoms with Gasteiger partial charge < -0.3 is 5.11 Å². The molecule has 1 heterocycles. The first kappa shape index (κ1) is 15.9. The molecule has 1 N–H and O–H groups in total. The standard InChI is InChI=1S/C24H16FNO/c25-17-12-10-16(11-13-17)21-14-20(15-6-2-1-3-7-15)22-23(26-21)18-8-4-5-9-19(18)24(22)27/h1-14,24,27H. The van der Waals surface area contributed by atoms with Crippen LogP contribution >= 0.6 is 0 Å². The Bertz CT molecular complexity index is 1140. The average Bonchev–Trinajstić information content (AvgIpc) is 3.01. The minimum atomic E-state index is -0.707. The van der Waals surface area contributed by atoms with Gasteiger partial charge in [0.15, 0.2) is 0 Å². The maximum atomic E-state index is 13.4. The molecule has 0 saturated carbocycles. The molecule has 0 bridgehead atoms. The monoisotopic (exact) mass is 353 g/mol. The topological polar surface area (TPSA) is 33.1 Å². The van der Waals surface area contributed by atoms with Crippen molar-refractivity contribution in [1.29, 1.82) is 0 Å². The summed E-state index contributed by atoms with van der Waals surface area (Å²) in [6.45, 7) is 0. The third-order valence-electron chi connectivity index (χ3n) is 5.07. The van der Waals surface area contributed by atoms with Crippen molar-refractivity contribution in [3.05, 3.63) is 102 Å². The number of pyridine rings is 1. The molecule has 0 amide bonds. The minimum absolute atomic E-state index is 0.274. The van der Waals surface area contributed by atoms with Crippen LogP contribution in [0.5, 0.6) is 0 Å². The van der Waals surface area contributed by atoms with Crippen molar-refractivity contribution >= 4 is 0 Å². The second kappa shape index (κ2) is 6.15. The Hall–Kier alpha value is -3.30. The molecule has 1 aliphatic rings. The van der Waals surface area contributed by atoms with E-state index >= 15 is 0 Å². The van der Waals surface area contributed by atoms with Gasteiger partial charge in [0, 0.05) is 16.7 Å². The number of benzene rings is 3. The van der Waals surface area contributed by atoms with Gasteiger partial charge in [-0.2, -0.15) is 0 Å². The van der Waals surface area contributed by atoms with Gasteiger partial charge in [0.2, 0.25) is 0 Å². The van der Waals surface area contributed by atoms with Gasteiger partial charge >= 0.3 is 0 Å². The molecule has 1 aromatic heterocycles. The van der Waals surface area contributed by atoms with E-state index in [2.05, 4.69) is 0 Å². The highest BCUT2D eigenvalue weighted by Crippen LogP contribution is 2.47. The van der Waals surface area contributed by atoms with Gasteiger partial charge in [-0.1, -0.05) is 54.6 Å². The fourth-order valence-corrected chi connectivity index (χ4v) is 3.77. The number of nitrogens with zero attached hydrogens (tertiary/aromatic N) is 1. The van der Waals surface area contributed by atoms with Crippen molar-refractivity contribution in [3.63, 3.8) is 0 Å². The molecule has 1 unspecified atom stereocenters. The van der Waals surface area contributed by atoms with Crippen molar-refractivity contribution in [2.75, 3.05) is 0 Å². The van der Waals surface area contributed by atoms with Gasteiger partial charge in [0.25, 0.3) is 0 Å². The van der Waals surface area contributed by atoms with Crippen molar-refractivity contribution in [2.24, 2.45) is 0 Å². The molecule has 0 saturated heterocycles. The number of aromatic nitrogens is 1. The Balaban J connectivity index is 1.81. The maximum absolute atomic E-state index is 13.4. The number of hydrogen-bond acceptors (Lipinski definition) is 2. The molecule has 1 atom stereocenters. The van der Waals surface area contributed by atoms with Crippen LogP contribution in [-0.2, 0) is 0 Å². The summed E-state index contributed by atoms with van der Waals surface area (Å²) in [5, 5.41) is 11.0. The van der Waals surface area contributed by atoms with Crippen LogP contribution in [0, 0.1) is 5.82 Å². The van der Waals surface area contributed by atoms with Crippen LogP contribution in [-0.4, -0.2) is 10.1 Å². The quantitative estimate of drug-likeness (QED) is 0.507. The normalized spacial score (nSPS) is 14.7. The third kappa shape index (κ3) is 2.56. The zero-order valence-electron chi connectivity index (χ0n) is 14.4. The maximum Gasteiger partial charge on any atom is 0.123 e. The van der Waals surface area contributed by atoms with E-state index in [9.17, 15) is 9.50 Å². The lowest BCUT2D eigenvalue weighted by molar-refractivity contribution is 0.225. The average molecular weight is 353 g/mol. The minimum Gasteiger partial charge on any atom is -0.384 e. The van der Waals surface area contributed by atoms with Crippen LogP contribution in [0.25, 0.3) is 33.6 Å². The van der Waals surface area contributed by atoms with Gasteiger partial charge in [-0.15, -0.1) is 0 Å². The number of rotatable bonds is 2. The lowest BCUT2D eigenvalue weighted by Gasteiger charge is -2.14. The predicted octanol–water partition coefficient (Wildman–Crippen LogP) is 5.62. The second-order valence-electron chi connectivity index (χ2n) is 6.68. The Kier molecular flexibility index (Phi) is 3.62. The van der Waals surface area contributed by atoms with Crippen LogP contribution in [0.15, 0.2) is 84.9 Å². The Morgan fingerprint density at radius 1 is 0.741 bits per heavy atom. The summed E-state index contributed by atoms with van der Waals surface area (Å²) >= 11 is 0. The third-order valence-corrected chi connectivity index (χ3v) is 5.07. The fourth-order valence-electron chi connectivity index (χ4n) is 3.77. The highest BCUT2D eigenvalue weighted by Gasteiger charge is 2.31. The van der Waals surface area contributed by atoms with Crippen LogP contribution < -0.4 is 0 Å². The molecular weight excluding hydrogens is 337 g/mol. The van der Waals surface area contributed by atoms with Crippen LogP contribution in [0.1, 0.15) is 17.2 Å². The summed E-state index contributed by atoms with van der Waals surface area (Å²) in [5.74, 6) is -0.274. The first-order valence-corrected chi connectivity index (χ1v) is 8.86. The van der Waals surface area contributed by atoms with E-state index < -0.39 is 6.10 Å². The molecule has 1 aliphatic carbocycles. The van der Waals surface area contributed by atoms with Gasteiger partial charge in [-0.05, 0) is 47.0 Å². The number of halogens is 1. The number of aliphatic hydroxyl groups excluding tert-OH is 1. The first-order valence-electron chi connectivity index (χ1n) is 8.86. The van der Waals surface area contributed by atoms with Crippen LogP contribution in [0.4, 0.5) is 4.39 Å². The molecule has 0 spiro atoms. The molecule has 4 aromatic rings. The van der Waals surface area contributed by atoms with E-state index in [1.807, 2.05) is 60.7 Å². The number of fused-ring (bicyclic) bond motifs is 3. The number of aliphatic hydroxyl groups is 1. The molecule has 5 rings (SSSR count). The summed E-state index contributed by atoms with van der Waals surface area (Å²) in [6, 6.07) is 26.1. The van der Waals surface area contributed by atoms with E-state index in [0.717, 1.165) is 44.8 Å². The molecule has 0 fully saturated rings. The summed E-state index contributed by atoms with van der Waals surface area (Å²) < 4.78 is 13.4. The summed E-state index contributed by atoms with van der Waals surface area (Å²) in [7, 11) is 0. The van der Waals surface area contributed by atoms with Gasteiger partial charge in [-0.3, -0.25) is 0 Å². The molecule has 3 heteroatoms. The molecular formula is C24H16FNO. The molecule has 3 aromatic carbocycles. The summed E-state index contributed by atoms with van der Waals surface area (Å²) in [5.41, 5.74) is 7.00. The first-order chi connectivity index (χ1) is 13.2. The zero-order valence-corrected chi connectivity index (χ0v) is 14.4. The van der Waals surface area contributed by atoms with Gasteiger partial charge in [0.05, 0.1) is 11.4 Å². The Morgan fingerprint density at radius 3 is 2.22 bits per heavy atom. The van der Waals surface area contributed by atoms with E-state index in [0.29, 0.717) is 0 Å². The summed E-state index contributed by atoms with van der Waals surface area (Å²) in [6.07, 6.45) is -0.707. The van der Waals surface area contributed by atoms with E-state index in [4.69, 9.17) is 4.98 Å². The SMILES string of the molecule is OC1c2ccccc2-c2nc(-c3ccc(F)cc3)cc(-c3ccccc3)c21. The molecule has 0 aliphatic heterocycles. The molecule has 27 heavy (non-hydrogen) atoms. The molecule has 130 valence electrons. The highest BCUT2D eigenvalue weighted by atomic mass is 19.1. The lowest BCUT2D eigenvalue weighted by atomic mass is 9.95. The van der Waals surface area contributed by atoms with Crippen LogP contribution in [0.2, 0.25) is 0 Å². The lowest BCUT2D eigenvalue weighted by Crippen LogP contribution is -1.99.